The molecule has 0 saturated carbocycles. The molecule has 0 amide bonds. The second kappa shape index (κ2) is 6.98. The third-order valence-corrected chi connectivity index (χ3v) is 2.30. The predicted molar refractivity (Wildman–Crippen MR) is 70.6 cm³/mol. The molecule has 2 aromatic heterocycles. The minimum Gasteiger partial charge on any atom is -0.410 e. The van der Waals surface area contributed by atoms with Gasteiger partial charge in [-0.15, -0.1) is 0 Å². The first-order valence-electron chi connectivity index (χ1n) is 4.62. The molecule has 0 spiro atoms. The Balaban J connectivity index is 0.00000144. The largest absolute Gasteiger partial charge is 1.00 e. The Bertz CT molecular complexity index is 439. The summed E-state index contributed by atoms with van der Waals surface area (Å²) in [6, 6.07) is 11.1. The number of rotatable bonds is 2. The van der Waals surface area contributed by atoms with Gasteiger partial charge in [0.05, 0.1) is 0 Å². The molecular weight excluding hydrogens is 261 g/mol. The van der Waals surface area contributed by atoms with E-state index in [0.717, 1.165) is 0 Å². The maximum Gasteiger partial charge on any atom is 1.00 e. The summed E-state index contributed by atoms with van der Waals surface area (Å²) in [6.45, 7) is 0. The summed E-state index contributed by atoms with van der Waals surface area (Å²) < 4.78 is 0.303. The Morgan fingerprint density at radius 1 is 1.00 bits per heavy atom. The molecule has 6 heteroatoms. The van der Waals surface area contributed by atoms with Gasteiger partial charge in [-0.25, -0.2) is 9.97 Å². The van der Waals surface area contributed by atoms with E-state index in [2.05, 4.69) is 9.97 Å². The standard InChI is InChI=1S/C11H9N3S2.Na/c15-11(16)14(9-5-1-3-7-12-9)10-6-2-4-8-13-10;/h1-8H,(H,15,16);/q;+1/p-1. The van der Waals surface area contributed by atoms with Crippen LogP contribution >= 0.6 is 12.2 Å². The first-order chi connectivity index (χ1) is 7.79. The normalized spacial score (nSPS) is 9.18. The van der Waals surface area contributed by atoms with Crippen LogP contribution in [0.5, 0.6) is 0 Å². The number of thiocarbonyl (C=S) groups is 1. The van der Waals surface area contributed by atoms with E-state index in [-0.39, 0.29) is 29.6 Å². The number of nitrogens with zero attached hydrogens (tertiary/aromatic N) is 3. The monoisotopic (exact) mass is 269 g/mol. The van der Waals surface area contributed by atoms with Gasteiger partial charge >= 0.3 is 29.6 Å². The van der Waals surface area contributed by atoms with Crippen molar-refractivity contribution in [1.82, 2.24) is 9.97 Å². The molecule has 2 aromatic rings. The van der Waals surface area contributed by atoms with Crippen molar-refractivity contribution in [3.63, 3.8) is 0 Å². The molecule has 80 valence electrons. The van der Waals surface area contributed by atoms with Crippen molar-refractivity contribution in [3.05, 3.63) is 48.8 Å². The molecule has 0 radical (unpaired) electrons. The third kappa shape index (κ3) is 3.69. The quantitative estimate of drug-likeness (QED) is 0.414. The van der Waals surface area contributed by atoms with Gasteiger partial charge in [-0.1, -0.05) is 16.5 Å². The van der Waals surface area contributed by atoms with Crippen LogP contribution in [-0.4, -0.2) is 14.3 Å². The number of anilines is 2. The second-order valence-electron chi connectivity index (χ2n) is 2.98. The first kappa shape index (κ1) is 14.5. The summed E-state index contributed by atoms with van der Waals surface area (Å²) in [5.74, 6) is 1.36. The minimum absolute atomic E-state index is 0. The fourth-order valence-electron chi connectivity index (χ4n) is 1.28. The molecule has 2 heterocycles. The van der Waals surface area contributed by atoms with E-state index in [4.69, 9.17) is 24.8 Å². The summed E-state index contributed by atoms with van der Waals surface area (Å²) in [5.41, 5.74) is 0. The molecular formula is C11H8N3NaS2. The van der Waals surface area contributed by atoms with E-state index in [1.54, 1.807) is 17.3 Å². The molecule has 17 heavy (non-hydrogen) atoms. The first-order valence-corrected chi connectivity index (χ1v) is 5.44. The molecule has 3 nitrogen and oxygen atoms in total. The second-order valence-corrected chi connectivity index (χ2v) is 4.01. The van der Waals surface area contributed by atoms with Crippen LogP contribution in [0.4, 0.5) is 11.6 Å². The Morgan fingerprint density at radius 2 is 1.47 bits per heavy atom. The molecule has 0 bridgehead atoms. The Morgan fingerprint density at radius 3 is 1.76 bits per heavy atom. The van der Waals surface area contributed by atoms with E-state index in [1.165, 1.54) is 0 Å². The van der Waals surface area contributed by atoms with Crippen molar-refractivity contribution < 1.29 is 29.6 Å². The van der Waals surface area contributed by atoms with Gasteiger partial charge in [0.2, 0.25) is 0 Å². The molecule has 0 unspecified atom stereocenters. The van der Waals surface area contributed by atoms with Crippen LogP contribution in [0, 0.1) is 0 Å². The average molecular weight is 269 g/mol. The fraction of sp³-hybridized carbons (Fsp3) is 0. The molecule has 0 fully saturated rings. The van der Waals surface area contributed by atoms with Gasteiger partial charge in [-0.3, -0.25) is 4.90 Å². The smallest absolute Gasteiger partial charge is 0.410 e. The van der Waals surface area contributed by atoms with Crippen LogP contribution in [-0.2, 0) is 12.6 Å². The van der Waals surface area contributed by atoms with Crippen LogP contribution in [0.1, 0.15) is 0 Å². The van der Waals surface area contributed by atoms with Crippen LogP contribution in [0.15, 0.2) is 48.8 Å². The van der Waals surface area contributed by atoms with E-state index in [0.29, 0.717) is 16.0 Å². The molecule has 0 aliphatic carbocycles. The average Bonchev–Trinajstić information content (AvgIpc) is 2.31. The fourth-order valence-corrected chi connectivity index (χ4v) is 1.65. The number of hydrogen-bond acceptors (Lipinski definition) is 4. The number of aromatic nitrogens is 2. The minimum atomic E-state index is 0. The topological polar surface area (TPSA) is 29.0 Å². The van der Waals surface area contributed by atoms with Crippen molar-refractivity contribution in [2.75, 3.05) is 4.90 Å². The van der Waals surface area contributed by atoms with Crippen molar-refractivity contribution >= 4 is 40.8 Å². The zero-order valence-electron chi connectivity index (χ0n) is 9.28. The summed E-state index contributed by atoms with van der Waals surface area (Å²) in [4.78, 5) is 10.1. The van der Waals surface area contributed by atoms with Gasteiger partial charge < -0.3 is 24.8 Å². The van der Waals surface area contributed by atoms with Crippen LogP contribution in [0.3, 0.4) is 0 Å². The van der Waals surface area contributed by atoms with E-state index in [1.807, 2.05) is 36.4 Å². The molecule has 0 atom stereocenters. The van der Waals surface area contributed by atoms with Crippen LogP contribution in [0.2, 0.25) is 0 Å². The zero-order chi connectivity index (χ0) is 11.4. The molecule has 0 saturated heterocycles. The van der Waals surface area contributed by atoms with Crippen molar-refractivity contribution in [2.24, 2.45) is 0 Å². The summed E-state index contributed by atoms with van der Waals surface area (Å²) >= 11 is 10.1. The van der Waals surface area contributed by atoms with Crippen LogP contribution in [0.25, 0.3) is 0 Å². The molecule has 0 aliphatic rings. The van der Waals surface area contributed by atoms with Gasteiger partial charge in [0, 0.05) is 12.4 Å². The van der Waals surface area contributed by atoms with Gasteiger partial charge in [-0.2, -0.15) is 0 Å². The molecule has 0 aromatic carbocycles. The van der Waals surface area contributed by atoms with Crippen molar-refractivity contribution in [2.45, 2.75) is 0 Å². The summed E-state index contributed by atoms with van der Waals surface area (Å²) in [5, 5.41) is 0. The number of hydrogen-bond donors (Lipinski definition) is 0. The van der Waals surface area contributed by atoms with Gasteiger partial charge in [-0.05, 0) is 24.3 Å². The van der Waals surface area contributed by atoms with E-state index < -0.39 is 0 Å². The van der Waals surface area contributed by atoms with Gasteiger partial charge in [0.1, 0.15) is 11.6 Å². The SMILES string of the molecule is S=C([S-])N(c1ccccn1)c1ccccn1.[Na+]. The van der Waals surface area contributed by atoms with Crippen LogP contribution < -0.4 is 34.5 Å². The van der Waals surface area contributed by atoms with E-state index in [9.17, 15) is 0 Å². The third-order valence-electron chi connectivity index (χ3n) is 1.94. The summed E-state index contributed by atoms with van der Waals surface area (Å²) in [7, 11) is 0. The maximum atomic E-state index is 5.04. The Labute approximate surface area is 133 Å². The van der Waals surface area contributed by atoms with Crippen molar-refractivity contribution in [1.29, 1.82) is 0 Å². The Hall–Kier alpha value is -0.590. The van der Waals surface area contributed by atoms with Gasteiger partial charge in [0.25, 0.3) is 0 Å². The number of pyridine rings is 2. The van der Waals surface area contributed by atoms with Crippen molar-refractivity contribution in [3.8, 4) is 0 Å². The Kier molecular flexibility index (Phi) is 5.94. The van der Waals surface area contributed by atoms with Gasteiger partial charge in [0.15, 0.2) is 0 Å². The molecule has 2 rings (SSSR count). The summed E-state index contributed by atoms with van der Waals surface area (Å²) in [6.07, 6.45) is 3.39. The zero-order valence-corrected chi connectivity index (χ0v) is 12.9. The molecule has 0 aliphatic heterocycles. The molecule has 0 N–H and O–H groups in total. The predicted octanol–water partition coefficient (Wildman–Crippen LogP) is -0.550. The van der Waals surface area contributed by atoms with E-state index >= 15 is 0 Å². The maximum absolute atomic E-state index is 5.04.